The number of morpholine rings is 1. The molecule has 0 radical (unpaired) electrons. The van der Waals surface area contributed by atoms with Crippen LogP contribution in [-0.4, -0.2) is 55.1 Å². The first-order chi connectivity index (χ1) is 15.0. The number of amides is 2. The zero-order valence-corrected chi connectivity index (χ0v) is 17.7. The van der Waals surface area contributed by atoms with Crippen LogP contribution < -0.4 is 10.1 Å². The van der Waals surface area contributed by atoms with E-state index in [2.05, 4.69) is 10.3 Å². The van der Waals surface area contributed by atoms with Crippen molar-refractivity contribution in [3.8, 4) is 5.75 Å². The summed E-state index contributed by atoms with van der Waals surface area (Å²) in [6, 6.07) is 14.8. The summed E-state index contributed by atoms with van der Waals surface area (Å²) in [6.45, 7) is 4.56. The third-order valence-corrected chi connectivity index (χ3v) is 5.41. The summed E-state index contributed by atoms with van der Waals surface area (Å²) >= 11 is 0. The van der Waals surface area contributed by atoms with Gasteiger partial charge in [-0.1, -0.05) is 12.1 Å². The lowest BCUT2D eigenvalue weighted by Gasteiger charge is -2.26. The Balaban J connectivity index is 1.41. The van der Waals surface area contributed by atoms with Gasteiger partial charge < -0.3 is 19.7 Å². The van der Waals surface area contributed by atoms with Gasteiger partial charge in [0.1, 0.15) is 5.75 Å². The Morgan fingerprint density at radius 3 is 2.55 bits per heavy atom. The summed E-state index contributed by atoms with van der Waals surface area (Å²) in [5.74, 6) is 0.553. The fourth-order valence-electron chi connectivity index (χ4n) is 3.59. The highest BCUT2D eigenvalue weighted by molar-refractivity contribution is 5.98. The van der Waals surface area contributed by atoms with E-state index in [1.807, 2.05) is 43.3 Å². The molecule has 31 heavy (non-hydrogen) atoms. The Labute approximate surface area is 181 Å². The number of nitrogens with zero attached hydrogens (tertiary/aromatic N) is 2. The molecular formula is C24H25N3O4. The molecule has 2 heterocycles. The molecule has 160 valence electrons. The summed E-state index contributed by atoms with van der Waals surface area (Å²) in [6.07, 6.45) is 0. The highest BCUT2D eigenvalue weighted by Gasteiger charge is 2.18. The van der Waals surface area contributed by atoms with Crippen LogP contribution in [-0.2, 0) is 11.3 Å². The highest BCUT2D eigenvalue weighted by atomic mass is 16.5. The lowest BCUT2D eigenvalue weighted by atomic mass is 10.1. The molecule has 7 nitrogen and oxygen atoms in total. The zero-order valence-electron chi connectivity index (χ0n) is 17.7. The van der Waals surface area contributed by atoms with Crippen LogP contribution in [0.4, 0.5) is 0 Å². The lowest BCUT2D eigenvalue weighted by molar-refractivity contribution is 0.0303. The lowest BCUT2D eigenvalue weighted by Crippen LogP contribution is -2.40. The average Bonchev–Trinajstić information content (AvgIpc) is 2.82. The van der Waals surface area contributed by atoms with E-state index < -0.39 is 0 Å². The van der Waals surface area contributed by atoms with Crippen molar-refractivity contribution in [3.05, 3.63) is 70.9 Å². The highest BCUT2D eigenvalue weighted by Crippen LogP contribution is 2.22. The zero-order chi connectivity index (χ0) is 21.8. The molecule has 1 saturated heterocycles. The van der Waals surface area contributed by atoms with Gasteiger partial charge in [0, 0.05) is 36.7 Å². The van der Waals surface area contributed by atoms with Crippen molar-refractivity contribution >= 4 is 22.7 Å². The van der Waals surface area contributed by atoms with Crippen molar-refractivity contribution in [1.29, 1.82) is 0 Å². The number of pyridine rings is 1. The Hall–Kier alpha value is -3.45. The van der Waals surface area contributed by atoms with Crippen LogP contribution in [0.3, 0.4) is 0 Å². The number of carbonyl (C=O) groups excluding carboxylic acids is 2. The molecule has 2 amide bonds. The first kappa shape index (κ1) is 20.8. The van der Waals surface area contributed by atoms with E-state index in [0.717, 1.165) is 22.2 Å². The number of aryl methyl sites for hydroxylation is 1. The molecule has 3 aromatic rings. The van der Waals surface area contributed by atoms with Crippen LogP contribution in [0, 0.1) is 6.92 Å². The number of nitrogens with one attached hydrogen (secondary N) is 1. The predicted molar refractivity (Wildman–Crippen MR) is 117 cm³/mol. The second kappa shape index (κ2) is 9.14. The molecule has 0 aliphatic carbocycles. The molecule has 1 fully saturated rings. The SMILES string of the molecule is COc1ccc2cc(C(=O)NCc3ccc(C(=O)N4CCOCC4)cc3)c(C)nc2c1. The largest absolute Gasteiger partial charge is 0.497 e. The summed E-state index contributed by atoms with van der Waals surface area (Å²) in [5.41, 5.74) is 3.54. The molecule has 0 unspecified atom stereocenters. The van der Waals surface area contributed by atoms with Gasteiger partial charge in [0.05, 0.1) is 37.1 Å². The normalized spacial score (nSPS) is 13.8. The molecule has 2 aromatic carbocycles. The van der Waals surface area contributed by atoms with Gasteiger partial charge in [-0.05, 0) is 42.8 Å². The number of rotatable bonds is 5. The number of hydrogen-bond donors (Lipinski definition) is 1. The molecule has 0 bridgehead atoms. The Kier molecular flexibility index (Phi) is 6.13. The number of ether oxygens (including phenoxy) is 2. The minimum atomic E-state index is -0.184. The Morgan fingerprint density at radius 1 is 1.10 bits per heavy atom. The maximum Gasteiger partial charge on any atom is 0.254 e. The fraction of sp³-hybridized carbons (Fsp3) is 0.292. The number of carbonyl (C=O) groups is 2. The van der Waals surface area contributed by atoms with Crippen LogP contribution in [0.25, 0.3) is 10.9 Å². The standard InChI is InChI=1S/C24H25N3O4/c1-16-21(13-19-7-8-20(30-2)14-22(19)26-16)23(28)25-15-17-3-5-18(6-4-17)24(29)27-9-11-31-12-10-27/h3-8,13-14H,9-12,15H2,1-2H3,(H,25,28). The second-order valence-electron chi connectivity index (χ2n) is 7.46. The van der Waals surface area contributed by atoms with Crippen LogP contribution in [0.15, 0.2) is 48.5 Å². The van der Waals surface area contributed by atoms with Crippen LogP contribution >= 0.6 is 0 Å². The second-order valence-corrected chi connectivity index (χ2v) is 7.46. The number of hydrogen-bond acceptors (Lipinski definition) is 5. The third kappa shape index (κ3) is 4.67. The number of benzene rings is 2. The van der Waals surface area contributed by atoms with E-state index in [4.69, 9.17) is 9.47 Å². The van der Waals surface area contributed by atoms with E-state index in [1.165, 1.54) is 0 Å². The summed E-state index contributed by atoms with van der Waals surface area (Å²) in [5, 5.41) is 3.82. The van der Waals surface area contributed by atoms with Gasteiger partial charge in [-0.25, -0.2) is 0 Å². The smallest absolute Gasteiger partial charge is 0.254 e. The number of fused-ring (bicyclic) bond motifs is 1. The predicted octanol–water partition coefficient (Wildman–Crippen LogP) is 2.95. The first-order valence-electron chi connectivity index (χ1n) is 10.2. The van der Waals surface area contributed by atoms with E-state index >= 15 is 0 Å². The van der Waals surface area contributed by atoms with Crippen molar-refractivity contribution in [2.45, 2.75) is 13.5 Å². The molecule has 1 aliphatic heterocycles. The van der Waals surface area contributed by atoms with Crippen LogP contribution in [0.1, 0.15) is 32.0 Å². The molecule has 4 rings (SSSR count). The topological polar surface area (TPSA) is 80.8 Å². The number of aromatic nitrogens is 1. The summed E-state index contributed by atoms with van der Waals surface area (Å²) in [4.78, 5) is 31.6. The Bertz CT molecular complexity index is 1110. The minimum absolute atomic E-state index is 0.00776. The van der Waals surface area contributed by atoms with Gasteiger partial charge in [0.2, 0.25) is 0 Å². The maximum absolute atomic E-state index is 12.7. The van der Waals surface area contributed by atoms with Gasteiger partial charge in [-0.3, -0.25) is 14.6 Å². The molecule has 7 heteroatoms. The average molecular weight is 419 g/mol. The molecule has 0 spiro atoms. The molecule has 0 saturated carbocycles. The van der Waals surface area contributed by atoms with E-state index in [0.29, 0.717) is 49.7 Å². The van der Waals surface area contributed by atoms with Gasteiger partial charge in [-0.15, -0.1) is 0 Å². The molecule has 1 N–H and O–H groups in total. The van der Waals surface area contributed by atoms with Crippen molar-refractivity contribution in [3.63, 3.8) is 0 Å². The molecule has 0 atom stereocenters. The van der Waals surface area contributed by atoms with Gasteiger partial charge in [-0.2, -0.15) is 0 Å². The van der Waals surface area contributed by atoms with E-state index in [9.17, 15) is 9.59 Å². The van der Waals surface area contributed by atoms with Crippen molar-refractivity contribution in [2.24, 2.45) is 0 Å². The molecule has 1 aliphatic rings. The van der Waals surface area contributed by atoms with Crippen molar-refractivity contribution < 1.29 is 19.1 Å². The van der Waals surface area contributed by atoms with Gasteiger partial charge in [0.25, 0.3) is 11.8 Å². The minimum Gasteiger partial charge on any atom is -0.497 e. The third-order valence-electron chi connectivity index (χ3n) is 5.41. The van der Waals surface area contributed by atoms with Crippen molar-refractivity contribution in [2.75, 3.05) is 33.4 Å². The Morgan fingerprint density at radius 2 is 1.84 bits per heavy atom. The summed E-state index contributed by atoms with van der Waals surface area (Å²) in [7, 11) is 1.61. The number of methoxy groups -OCH3 is 1. The van der Waals surface area contributed by atoms with Crippen LogP contribution in [0.5, 0.6) is 5.75 Å². The van der Waals surface area contributed by atoms with E-state index in [-0.39, 0.29) is 11.8 Å². The van der Waals surface area contributed by atoms with Gasteiger partial charge in [0.15, 0.2) is 0 Å². The van der Waals surface area contributed by atoms with Gasteiger partial charge >= 0.3 is 0 Å². The summed E-state index contributed by atoms with van der Waals surface area (Å²) < 4.78 is 10.5. The van der Waals surface area contributed by atoms with Crippen molar-refractivity contribution in [1.82, 2.24) is 15.2 Å². The van der Waals surface area contributed by atoms with Crippen LogP contribution in [0.2, 0.25) is 0 Å². The molecular weight excluding hydrogens is 394 g/mol. The fourth-order valence-corrected chi connectivity index (χ4v) is 3.59. The monoisotopic (exact) mass is 419 g/mol. The van der Waals surface area contributed by atoms with E-state index in [1.54, 1.807) is 24.1 Å². The quantitative estimate of drug-likeness (QED) is 0.688. The first-order valence-corrected chi connectivity index (χ1v) is 10.2. The maximum atomic E-state index is 12.7. The molecule has 1 aromatic heterocycles.